The number of hydrogen-bond donors (Lipinski definition) is 2. The highest BCUT2D eigenvalue weighted by atomic mass is 35.5. The van der Waals surface area contributed by atoms with Gasteiger partial charge < -0.3 is 20.5 Å². The number of ether oxygens (including phenoxy) is 2. The van der Waals surface area contributed by atoms with E-state index in [9.17, 15) is 18.0 Å². The lowest BCUT2D eigenvalue weighted by Gasteiger charge is -2.14. The van der Waals surface area contributed by atoms with Crippen LogP contribution in [0.15, 0.2) is 18.2 Å². The van der Waals surface area contributed by atoms with Crippen molar-refractivity contribution in [2.75, 3.05) is 20.3 Å². The Kier molecular flexibility index (Phi) is 8.78. The molecule has 0 saturated carbocycles. The summed E-state index contributed by atoms with van der Waals surface area (Å²) in [4.78, 5) is 11.6. The molecule has 0 aliphatic rings. The number of amides is 1. The third-order valence-electron chi connectivity index (χ3n) is 2.89. The number of benzene rings is 1. The van der Waals surface area contributed by atoms with Crippen molar-refractivity contribution in [2.24, 2.45) is 11.7 Å². The molecule has 9 heteroatoms. The quantitative estimate of drug-likeness (QED) is 0.786. The minimum Gasteiger partial charge on any atom is -0.493 e. The van der Waals surface area contributed by atoms with Crippen molar-refractivity contribution in [1.82, 2.24) is 5.32 Å². The molecule has 0 aromatic heterocycles. The number of carbonyl (C=O) groups excluding carboxylic acids is 1. The third kappa shape index (κ3) is 7.43. The van der Waals surface area contributed by atoms with Crippen LogP contribution in [0.4, 0.5) is 13.2 Å². The zero-order valence-electron chi connectivity index (χ0n) is 12.8. The maximum absolute atomic E-state index is 12.2. The molecule has 0 aliphatic heterocycles. The SMILES string of the molecule is COc1cc(CNC(=O)C(C)CN)ccc1OCC(F)(F)F.Cl. The topological polar surface area (TPSA) is 73.6 Å². The lowest BCUT2D eigenvalue weighted by Crippen LogP contribution is -2.32. The molecule has 0 bridgehead atoms. The van der Waals surface area contributed by atoms with Gasteiger partial charge in [0.25, 0.3) is 0 Å². The third-order valence-corrected chi connectivity index (χ3v) is 2.89. The summed E-state index contributed by atoms with van der Waals surface area (Å²) in [6, 6.07) is 4.44. The van der Waals surface area contributed by atoms with E-state index in [2.05, 4.69) is 10.1 Å². The van der Waals surface area contributed by atoms with Gasteiger partial charge in [-0.15, -0.1) is 12.4 Å². The van der Waals surface area contributed by atoms with Crippen LogP contribution >= 0.6 is 12.4 Å². The highest BCUT2D eigenvalue weighted by Crippen LogP contribution is 2.29. The maximum atomic E-state index is 12.2. The van der Waals surface area contributed by atoms with Gasteiger partial charge in [-0.3, -0.25) is 4.79 Å². The van der Waals surface area contributed by atoms with Crippen LogP contribution in [0.25, 0.3) is 0 Å². The highest BCUT2D eigenvalue weighted by molar-refractivity contribution is 5.85. The average Bonchev–Trinajstić information content (AvgIpc) is 2.49. The normalized spacial score (nSPS) is 12.1. The number of alkyl halides is 3. The summed E-state index contributed by atoms with van der Waals surface area (Å²) in [5.41, 5.74) is 6.06. The summed E-state index contributed by atoms with van der Waals surface area (Å²) in [6.45, 7) is 0.760. The first kappa shape index (κ1) is 21.3. The molecule has 0 heterocycles. The zero-order valence-corrected chi connectivity index (χ0v) is 13.6. The second-order valence-corrected chi connectivity index (χ2v) is 4.74. The van der Waals surface area contributed by atoms with E-state index in [1.54, 1.807) is 13.0 Å². The number of rotatable bonds is 7. The Bertz CT molecular complexity index is 513. The minimum atomic E-state index is -4.42. The van der Waals surface area contributed by atoms with Crippen LogP contribution in [0.5, 0.6) is 11.5 Å². The molecular weight excluding hydrogens is 337 g/mol. The van der Waals surface area contributed by atoms with E-state index in [4.69, 9.17) is 10.5 Å². The number of carbonyl (C=O) groups is 1. The second kappa shape index (κ2) is 9.46. The van der Waals surface area contributed by atoms with Gasteiger partial charge in [-0.05, 0) is 17.7 Å². The number of hydrogen-bond acceptors (Lipinski definition) is 4. The van der Waals surface area contributed by atoms with E-state index < -0.39 is 12.8 Å². The Morgan fingerprint density at radius 2 is 2.00 bits per heavy atom. The van der Waals surface area contributed by atoms with Crippen molar-refractivity contribution in [3.63, 3.8) is 0 Å². The van der Waals surface area contributed by atoms with Crippen molar-refractivity contribution in [3.8, 4) is 11.5 Å². The summed E-state index contributed by atoms with van der Waals surface area (Å²) in [7, 11) is 1.33. The molecule has 1 amide bonds. The first-order valence-corrected chi connectivity index (χ1v) is 6.61. The molecule has 1 atom stereocenters. The predicted molar refractivity (Wildman–Crippen MR) is 81.9 cm³/mol. The molecule has 1 aromatic carbocycles. The lowest BCUT2D eigenvalue weighted by atomic mass is 10.1. The first-order valence-electron chi connectivity index (χ1n) is 6.61. The summed E-state index contributed by atoms with van der Waals surface area (Å²) in [5.74, 6) is -0.344. The minimum absolute atomic E-state index is 0. The summed E-state index contributed by atoms with van der Waals surface area (Å²) in [5, 5.41) is 2.68. The number of methoxy groups -OCH3 is 1. The summed E-state index contributed by atoms with van der Waals surface area (Å²) >= 11 is 0. The molecule has 0 fully saturated rings. The van der Waals surface area contributed by atoms with Gasteiger partial charge in [-0.1, -0.05) is 13.0 Å². The van der Waals surface area contributed by atoms with Crippen molar-refractivity contribution in [2.45, 2.75) is 19.6 Å². The fourth-order valence-electron chi connectivity index (χ4n) is 1.57. The molecule has 5 nitrogen and oxygen atoms in total. The molecule has 1 unspecified atom stereocenters. The Morgan fingerprint density at radius 3 is 2.52 bits per heavy atom. The zero-order chi connectivity index (χ0) is 16.8. The average molecular weight is 357 g/mol. The number of halogens is 4. The van der Waals surface area contributed by atoms with Crippen LogP contribution in [-0.4, -0.2) is 32.3 Å². The molecular formula is C14H20ClF3N2O3. The highest BCUT2D eigenvalue weighted by Gasteiger charge is 2.29. The molecule has 0 aliphatic carbocycles. The standard InChI is InChI=1S/C14H19F3N2O3.ClH/c1-9(6-18)13(20)19-7-10-3-4-11(12(5-10)21-2)22-8-14(15,16)17;/h3-5,9H,6-8,18H2,1-2H3,(H,19,20);1H. The van der Waals surface area contributed by atoms with E-state index >= 15 is 0 Å². The van der Waals surface area contributed by atoms with E-state index in [0.717, 1.165) is 0 Å². The van der Waals surface area contributed by atoms with Crippen LogP contribution in [0.3, 0.4) is 0 Å². The molecule has 23 heavy (non-hydrogen) atoms. The van der Waals surface area contributed by atoms with Gasteiger partial charge in [0.15, 0.2) is 18.1 Å². The Balaban J connectivity index is 0.00000484. The maximum Gasteiger partial charge on any atom is 0.422 e. The van der Waals surface area contributed by atoms with Crippen LogP contribution in [0.2, 0.25) is 0 Å². The lowest BCUT2D eigenvalue weighted by molar-refractivity contribution is -0.153. The first-order chi connectivity index (χ1) is 10.3. The molecule has 0 saturated heterocycles. The van der Waals surface area contributed by atoms with Gasteiger partial charge in [0.1, 0.15) is 0 Å². The Morgan fingerprint density at radius 1 is 1.35 bits per heavy atom. The smallest absolute Gasteiger partial charge is 0.422 e. The Labute approximate surface area is 138 Å². The number of nitrogens with two attached hydrogens (primary N) is 1. The molecule has 3 N–H and O–H groups in total. The van der Waals surface area contributed by atoms with Crippen molar-refractivity contribution < 1.29 is 27.4 Å². The van der Waals surface area contributed by atoms with Crippen LogP contribution in [-0.2, 0) is 11.3 Å². The monoisotopic (exact) mass is 356 g/mol. The van der Waals surface area contributed by atoms with Crippen LogP contribution < -0.4 is 20.5 Å². The van der Waals surface area contributed by atoms with Crippen molar-refractivity contribution in [3.05, 3.63) is 23.8 Å². The van der Waals surface area contributed by atoms with Gasteiger partial charge in [-0.2, -0.15) is 13.2 Å². The van der Waals surface area contributed by atoms with Gasteiger partial charge >= 0.3 is 6.18 Å². The van der Waals surface area contributed by atoms with E-state index in [-0.39, 0.29) is 48.8 Å². The van der Waals surface area contributed by atoms with E-state index in [1.165, 1.54) is 19.2 Å². The summed E-state index contributed by atoms with van der Waals surface area (Å²) < 4.78 is 46.1. The molecule has 1 aromatic rings. The molecule has 1 rings (SSSR count). The molecule has 0 radical (unpaired) electrons. The van der Waals surface area contributed by atoms with Gasteiger partial charge in [0.05, 0.1) is 7.11 Å². The van der Waals surface area contributed by atoms with Gasteiger partial charge in [-0.25, -0.2) is 0 Å². The fourth-order valence-corrected chi connectivity index (χ4v) is 1.57. The molecule has 0 spiro atoms. The van der Waals surface area contributed by atoms with Crippen molar-refractivity contribution in [1.29, 1.82) is 0 Å². The second-order valence-electron chi connectivity index (χ2n) is 4.74. The Hall–Kier alpha value is -1.67. The van der Waals surface area contributed by atoms with E-state index in [1.807, 2.05) is 0 Å². The van der Waals surface area contributed by atoms with E-state index in [0.29, 0.717) is 5.56 Å². The largest absolute Gasteiger partial charge is 0.493 e. The number of nitrogens with one attached hydrogen (secondary N) is 1. The van der Waals surface area contributed by atoms with Gasteiger partial charge in [0.2, 0.25) is 5.91 Å². The van der Waals surface area contributed by atoms with Crippen LogP contribution in [0, 0.1) is 5.92 Å². The fraction of sp³-hybridized carbons (Fsp3) is 0.500. The molecule has 132 valence electrons. The van der Waals surface area contributed by atoms with Crippen molar-refractivity contribution >= 4 is 18.3 Å². The predicted octanol–water partition coefficient (Wildman–Crippen LogP) is 2.27. The van der Waals surface area contributed by atoms with Gasteiger partial charge in [0, 0.05) is 19.0 Å². The van der Waals surface area contributed by atoms with Crippen LogP contribution in [0.1, 0.15) is 12.5 Å². The summed E-state index contributed by atoms with van der Waals surface area (Å²) in [6.07, 6.45) is -4.42.